The number of methoxy groups -OCH3 is 1. The van der Waals surface area contributed by atoms with Crippen molar-refractivity contribution in [2.24, 2.45) is 5.84 Å². The molecule has 0 radical (unpaired) electrons. The average Bonchev–Trinajstić information content (AvgIpc) is 2.38. The summed E-state index contributed by atoms with van der Waals surface area (Å²) in [5.41, 5.74) is 2.61. The number of carbonyl (C=O) groups is 1. The third-order valence-electron chi connectivity index (χ3n) is 2.11. The molecule has 0 aliphatic rings. The number of rotatable bonds is 7. The smallest absolute Gasteiger partial charge is 0.271 e. The van der Waals surface area contributed by atoms with E-state index < -0.39 is 0 Å². The summed E-state index contributed by atoms with van der Waals surface area (Å²) < 4.78 is 4.91. The van der Waals surface area contributed by atoms with Crippen molar-refractivity contribution in [3.8, 4) is 0 Å². The van der Waals surface area contributed by atoms with E-state index in [4.69, 9.17) is 10.6 Å². The summed E-state index contributed by atoms with van der Waals surface area (Å²) in [4.78, 5) is 11.6. The number of unbranched alkanes of at least 4 members (excludes halogenated alkanes) is 1. The van der Waals surface area contributed by atoms with Crippen molar-refractivity contribution in [2.45, 2.75) is 12.8 Å². The average molecular weight is 239 g/mol. The highest BCUT2D eigenvalue weighted by Gasteiger charge is 2.06. The first-order valence-electron chi connectivity index (χ1n) is 5.35. The number of nitrogens with two attached hydrogens (primary N) is 1. The van der Waals surface area contributed by atoms with Crippen LogP contribution < -0.4 is 16.6 Å². The van der Waals surface area contributed by atoms with Gasteiger partial charge in [-0.25, -0.2) is 5.84 Å². The molecule has 0 saturated carbocycles. The van der Waals surface area contributed by atoms with Gasteiger partial charge < -0.3 is 15.5 Å². The molecule has 0 bridgehead atoms. The minimum atomic E-state index is -0.238. The molecule has 94 valence electrons. The number of nitrogen functional groups attached to an aromatic ring is 1. The number of nitrogens with zero attached hydrogens (tertiary/aromatic N) is 2. The van der Waals surface area contributed by atoms with Crippen LogP contribution in [0.4, 0.5) is 5.82 Å². The first-order chi connectivity index (χ1) is 8.27. The Kier molecular flexibility index (Phi) is 5.91. The van der Waals surface area contributed by atoms with Gasteiger partial charge in [-0.15, -0.1) is 10.2 Å². The molecule has 7 nitrogen and oxygen atoms in total. The summed E-state index contributed by atoms with van der Waals surface area (Å²) >= 11 is 0. The number of anilines is 1. The first kappa shape index (κ1) is 13.3. The molecule has 0 atom stereocenters. The van der Waals surface area contributed by atoms with Crippen molar-refractivity contribution in [3.05, 3.63) is 17.8 Å². The lowest BCUT2D eigenvalue weighted by Gasteiger charge is -2.04. The second-order valence-corrected chi connectivity index (χ2v) is 3.40. The molecule has 0 saturated heterocycles. The molecule has 0 aliphatic heterocycles. The highest BCUT2D eigenvalue weighted by atomic mass is 16.5. The number of nitrogens with one attached hydrogen (secondary N) is 2. The van der Waals surface area contributed by atoms with Crippen molar-refractivity contribution in [1.82, 2.24) is 15.5 Å². The van der Waals surface area contributed by atoms with Crippen LogP contribution in [-0.4, -0.2) is 36.4 Å². The topological polar surface area (TPSA) is 102 Å². The normalized spacial score (nSPS) is 10.0. The molecule has 0 fully saturated rings. The van der Waals surface area contributed by atoms with E-state index in [0.717, 1.165) is 12.8 Å². The van der Waals surface area contributed by atoms with Crippen LogP contribution in [-0.2, 0) is 4.74 Å². The fraction of sp³-hybridized carbons (Fsp3) is 0.500. The third kappa shape index (κ3) is 4.75. The molecule has 0 unspecified atom stereocenters. The molecule has 0 spiro atoms. The summed E-state index contributed by atoms with van der Waals surface area (Å²) in [6.07, 6.45) is 1.79. The summed E-state index contributed by atoms with van der Waals surface area (Å²) in [6.45, 7) is 1.30. The van der Waals surface area contributed by atoms with Crippen LogP contribution in [0.15, 0.2) is 12.1 Å². The lowest BCUT2D eigenvalue weighted by molar-refractivity contribution is 0.0945. The van der Waals surface area contributed by atoms with E-state index in [-0.39, 0.29) is 11.6 Å². The van der Waals surface area contributed by atoms with Gasteiger partial charge in [0, 0.05) is 20.3 Å². The number of hydrogen-bond donors (Lipinski definition) is 3. The van der Waals surface area contributed by atoms with E-state index in [2.05, 4.69) is 20.9 Å². The second kappa shape index (κ2) is 7.53. The van der Waals surface area contributed by atoms with Crippen molar-refractivity contribution in [1.29, 1.82) is 0 Å². The molecule has 1 rings (SSSR count). The third-order valence-corrected chi connectivity index (χ3v) is 2.11. The van der Waals surface area contributed by atoms with Crippen molar-refractivity contribution in [3.63, 3.8) is 0 Å². The summed E-state index contributed by atoms with van der Waals surface area (Å²) in [7, 11) is 1.65. The number of hydrogen-bond acceptors (Lipinski definition) is 6. The number of carbonyl (C=O) groups excluding carboxylic acids is 1. The van der Waals surface area contributed by atoms with Gasteiger partial charge in [0.15, 0.2) is 11.5 Å². The van der Waals surface area contributed by atoms with E-state index in [1.807, 2.05) is 0 Å². The predicted molar refractivity (Wildman–Crippen MR) is 63.3 cm³/mol. The molecular weight excluding hydrogens is 222 g/mol. The Labute approximate surface area is 99.7 Å². The van der Waals surface area contributed by atoms with Gasteiger partial charge in [0.25, 0.3) is 5.91 Å². The van der Waals surface area contributed by atoms with E-state index in [1.165, 1.54) is 0 Å². The summed E-state index contributed by atoms with van der Waals surface area (Å²) in [5.74, 6) is 5.32. The maximum atomic E-state index is 11.6. The van der Waals surface area contributed by atoms with E-state index in [0.29, 0.717) is 19.0 Å². The molecule has 1 heterocycles. The fourth-order valence-electron chi connectivity index (χ4n) is 1.19. The SMILES string of the molecule is COCCCCNC(=O)c1ccc(NN)nn1. The van der Waals surface area contributed by atoms with Crippen LogP contribution in [0.2, 0.25) is 0 Å². The second-order valence-electron chi connectivity index (χ2n) is 3.40. The lowest BCUT2D eigenvalue weighted by atomic mass is 10.3. The Morgan fingerprint density at radius 1 is 1.41 bits per heavy atom. The van der Waals surface area contributed by atoms with Gasteiger partial charge in [0.1, 0.15) is 0 Å². The van der Waals surface area contributed by atoms with Crippen LogP contribution in [0.5, 0.6) is 0 Å². The van der Waals surface area contributed by atoms with E-state index >= 15 is 0 Å². The molecule has 0 aliphatic carbocycles. The zero-order valence-corrected chi connectivity index (χ0v) is 9.77. The highest BCUT2D eigenvalue weighted by molar-refractivity contribution is 5.92. The summed E-state index contributed by atoms with van der Waals surface area (Å²) in [5, 5.41) is 10.2. The quantitative estimate of drug-likeness (QED) is 0.349. The Morgan fingerprint density at radius 2 is 2.24 bits per heavy atom. The maximum Gasteiger partial charge on any atom is 0.271 e. The standard InChI is InChI=1S/C10H17N5O2/c1-17-7-3-2-6-12-10(16)8-4-5-9(13-11)15-14-8/h4-5H,2-3,6-7,11H2,1H3,(H,12,16)(H,13,15). The van der Waals surface area contributed by atoms with Crippen LogP contribution in [0.25, 0.3) is 0 Å². The van der Waals surface area contributed by atoms with E-state index in [1.54, 1.807) is 19.2 Å². The maximum absolute atomic E-state index is 11.6. The zero-order valence-electron chi connectivity index (χ0n) is 9.77. The zero-order chi connectivity index (χ0) is 12.5. The van der Waals surface area contributed by atoms with Gasteiger partial charge >= 0.3 is 0 Å². The van der Waals surface area contributed by atoms with Crippen molar-refractivity contribution >= 4 is 11.7 Å². The minimum Gasteiger partial charge on any atom is -0.385 e. The Balaban J connectivity index is 2.31. The summed E-state index contributed by atoms with van der Waals surface area (Å²) in [6, 6.07) is 3.15. The van der Waals surface area contributed by atoms with Crippen LogP contribution >= 0.6 is 0 Å². The Morgan fingerprint density at radius 3 is 2.82 bits per heavy atom. The Hall–Kier alpha value is -1.73. The van der Waals surface area contributed by atoms with Crippen LogP contribution in [0.1, 0.15) is 23.3 Å². The number of hydrazine groups is 1. The molecule has 1 aromatic heterocycles. The number of ether oxygens (including phenoxy) is 1. The van der Waals surface area contributed by atoms with Gasteiger partial charge in [-0.1, -0.05) is 0 Å². The van der Waals surface area contributed by atoms with E-state index in [9.17, 15) is 4.79 Å². The molecule has 1 amide bonds. The number of aromatic nitrogens is 2. The molecular formula is C10H17N5O2. The monoisotopic (exact) mass is 239 g/mol. The van der Waals surface area contributed by atoms with Crippen molar-refractivity contribution in [2.75, 3.05) is 25.7 Å². The van der Waals surface area contributed by atoms with Gasteiger partial charge in [-0.2, -0.15) is 0 Å². The van der Waals surface area contributed by atoms with Gasteiger partial charge in [0.2, 0.25) is 0 Å². The largest absolute Gasteiger partial charge is 0.385 e. The van der Waals surface area contributed by atoms with Gasteiger partial charge in [-0.05, 0) is 25.0 Å². The molecule has 1 aromatic rings. The molecule has 17 heavy (non-hydrogen) atoms. The predicted octanol–water partition coefficient (Wildman–Crippen LogP) is -0.0814. The van der Waals surface area contributed by atoms with Crippen LogP contribution in [0, 0.1) is 0 Å². The Bertz CT molecular complexity index is 341. The molecule has 0 aromatic carbocycles. The lowest BCUT2D eigenvalue weighted by Crippen LogP contribution is -2.26. The first-order valence-corrected chi connectivity index (χ1v) is 5.35. The van der Waals surface area contributed by atoms with Gasteiger partial charge in [-0.3, -0.25) is 4.79 Å². The molecule has 4 N–H and O–H groups in total. The minimum absolute atomic E-state index is 0.238. The van der Waals surface area contributed by atoms with Gasteiger partial charge in [0.05, 0.1) is 0 Å². The fourth-order valence-corrected chi connectivity index (χ4v) is 1.19. The highest BCUT2D eigenvalue weighted by Crippen LogP contribution is 1.99. The number of amides is 1. The van der Waals surface area contributed by atoms with Crippen LogP contribution in [0.3, 0.4) is 0 Å². The van der Waals surface area contributed by atoms with Crippen molar-refractivity contribution < 1.29 is 9.53 Å². The molecule has 7 heteroatoms.